The summed E-state index contributed by atoms with van der Waals surface area (Å²) in [4.78, 5) is 0. The Hall–Kier alpha value is 0.439. The molecule has 0 atom stereocenters. The zero-order chi connectivity index (χ0) is 2.71. The van der Waals surface area contributed by atoms with Crippen LogP contribution in [0.1, 0.15) is 6.92 Å². The van der Waals surface area contributed by atoms with Gasteiger partial charge in [-0.2, -0.15) is 0 Å². The van der Waals surface area contributed by atoms with E-state index in [1.54, 1.807) is 6.92 Å². The van der Waals surface area contributed by atoms with Crippen LogP contribution in [0.4, 0.5) is 0 Å². The number of hydrogen-bond donors (Lipinski definition) is 1. The van der Waals surface area contributed by atoms with E-state index in [4.69, 9.17) is 5.11 Å². The van der Waals surface area contributed by atoms with E-state index in [9.17, 15) is 0 Å². The van der Waals surface area contributed by atoms with E-state index in [1.807, 2.05) is 0 Å². The van der Waals surface area contributed by atoms with Gasteiger partial charge < -0.3 is 10.6 Å². The third-order valence-corrected chi connectivity index (χ3v) is 0. The number of aliphatic hydroxyl groups is 1. The van der Waals surface area contributed by atoms with Crippen molar-refractivity contribution in [2.45, 2.75) is 6.92 Å². The molecule has 0 aromatic heterocycles. The first-order valence-corrected chi connectivity index (χ1v) is 1.02. The summed E-state index contributed by atoms with van der Waals surface area (Å²) in [6.07, 6.45) is 0. The van der Waals surface area contributed by atoms with Gasteiger partial charge in [0, 0.05) is 6.61 Å². The number of rotatable bonds is 0. The van der Waals surface area contributed by atoms with E-state index < -0.39 is 0 Å². The van der Waals surface area contributed by atoms with Crippen LogP contribution >= 0.6 is 0 Å². The molecule has 0 aromatic rings. The van der Waals surface area contributed by atoms with Crippen molar-refractivity contribution in [2.24, 2.45) is 0 Å². The quantitative estimate of drug-likeness (QED) is 0.442. The molecular formula is C2H6FeO2. The van der Waals surface area contributed by atoms with Gasteiger partial charge in [0.1, 0.15) is 0 Å². The molecule has 3 heteroatoms. The third kappa shape index (κ3) is 137. The molecule has 5 heavy (non-hydrogen) atoms. The fourth-order valence-electron chi connectivity index (χ4n) is 0. The van der Waals surface area contributed by atoms with Crippen LogP contribution in [0.3, 0.4) is 0 Å². The molecule has 0 spiro atoms. The smallest absolute Gasteiger partial charge is 2.00 e. The molecule has 1 N–H and O–H groups in total. The van der Waals surface area contributed by atoms with E-state index in [-0.39, 0.29) is 29.2 Å². The molecule has 0 saturated carbocycles. The molecule has 0 saturated heterocycles. The molecule has 0 rings (SSSR count). The van der Waals surface area contributed by atoms with Gasteiger partial charge in [-0.25, -0.2) is 0 Å². The summed E-state index contributed by atoms with van der Waals surface area (Å²) in [7, 11) is 0. The maximum atomic E-state index is 7.57. The predicted octanol–water partition coefficient (Wildman–Crippen LogP) is -0.123. The van der Waals surface area contributed by atoms with Crippen LogP contribution in [0.25, 0.3) is 0 Å². The van der Waals surface area contributed by atoms with Crippen LogP contribution in [0.15, 0.2) is 0 Å². The van der Waals surface area contributed by atoms with Crippen LogP contribution in [0.5, 0.6) is 0 Å². The molecule has 34 valence electrons. The average molecular weight is 118 g/mol. The van der Waals surface area contributed by atoms with Crippen molar-refractivity contribution in [3.05, 3.63) is 0 Å². The van der Waals surface area contributed by atoms with E-state index in [1.165, 1.54) is 0 Å². The number of hydrogen-bond acceptors (Lipinski definition) is 1. The summed E-state index contributed by atoms with van der Waals surface area (Å²) in [6, 6.07) is 0. The third-order valence-electron chi connectivity index (χ3n) is 0. The maximum absolute atomic E-state index is 7.57. The van der Waals surface area contributed by atoms with Gasteiger partial charge >= 0.3 is 17.1 Å². The first kappa shape index (κ1) is 18.0. The Morgan fingerprint density at radius 2 is 1.60 bits per heavy atom. The molecule has 2 nitrogen and oxygen atoms in total. The van der Waals surface area contributed by atoms with Crippen LogP contribution in [0.2, 0.25) is 0 Å². The van der Waals surface area contributed by atoms with Crippen molar-refractivity contribution in [1.82, 2.24) is 0 Å². The van der Waals surface area contributed by atoms with Crippen molar-refractivity contribution in [2.75, 3.05) is 6.61 Å². The van der Waals surface area contributed by atoms with Crippen molar-refractivity contribution < 1.29 is 27.7 Å². The second-order valence-electron chi connectivity index (χ2n) is 0.316. The molecule has 0 aliphatic heterocycles. The van der Waals surface area contributed by atoms with E-state index in [2.05, 4.69) is 0 Å². The normalized spacial score (nSPS) is 3.60. The molecule has 0 aliphatic carbocycles. The monoisotopic (exact) mass is 118 g/mol. The second-order valence-corrected chi connectivity index (χ2v) is 0.316. The maximum Gasteiger partial charge on any atom is 2.00 e. The zero-order valence-corrected chi connectivity index (χ0v) is 4.02. The van der Waals surface area contributed by atoms with Gasteiger partial charge in [0.2, 0.25) is 0 Å². The van der Waals surface area contributed by atoms with Crippen molar-refractivity contribution in [3.63, 3.8) is 0 Å². The van der Waals surface area contributed by atoms with Crippen LogP contribution < -0.4 is 0 Å². The van der Waals surface area contributed by atoms with Crippen molar-refractivity contribution in [1.29, 1.82) is 0 Å². The standard InChI is InChI=1S/C2H6O.Fe.O/c1-2-3;;/h3H,2H2,1H3;;/q;+2;-2. The molecule has 0 amide bonds. The van der Waals surface area contributed by atoms with Gasteiger partial charge in [0.15, 0.2) is 0 Å². The largest absolute Gasteiger partial charge is 2.00 e. The van der Waals surface area contributed by atoms with Crippen molar-refractivity contribution in [3.8, 4) is 0 Å². The number of aliphatic hydroxyl groups excluding tert-OH is 1. The molecule has 0 aliphatic rings. The molecule has 0 aromatic carbocycles. The molecule has 0 radical (unpaired) electrons. The topological polar surface area (TPSA) is 48.7 Å². The minimum atomic E-state index is 0. The second kappa shape index (κ2) is 25.3. The SMILES string of the molecule is CCO.[Fe+2].[O-2]. The van der Waals surface area contributed by atoms with Crippen LogP contribution in [-0.4, -0.2) is 11.7 Å². The Bertz CT molecular complexity index is 7.61. The van der Waals surface area contributed by atoms with Crippen molar-refractivity contribution >= 4 is 0 Å². The van der Waals surface area contributed by atoms with E-state index >= 15 is 0 Å². The first-order chi connectivity index (χ1) is 1.41. The average Bonchev–Trinajstić information content (AvgIpc) is 0.918. The summed E-state index contributed by atoms with van der Waals surface area (Å²) >= 11 is 0. The summed E-state index contributed by atoms with van der Waals surface area (Å²) in [5, 5.41) is 7.57. The van der Waals surface area contributed by atoms with Gasteiger partial charge in [-0.1, -0.05) is 0 Å². The Balaban J connectivity index is -0.0000000200. The zero-order valence-electron chi connectivity index (χ0n) is 2.92. The minimum Gasteiger partial charge on any atom is -2.00 e. The Labute approximate surface area is 42.0 Å². The van der Waals surface area contributed by atoms with E-state index in [0.717, 1.165) is 0 Å². The Morgan fingerprint density at radius 3 is 1.60 bits per heavy atom. The van der Waals surface area contributed by atoms with Gasteiger partial charge in [-0.05, 0) is 6.92 Å². The minimum absolute atomic E-state index is 0. The van der Waals surface area contributed by atoms with Gasteiger partial charge in [-0.3, -0.25) is 0 Å². The molecular weight excluding hydrogens is 112 g/mol. The molecule has 0 bridgehead atoms. The first-order valence-electron chi connectivity index (χ1n) is 1.02. The molecule has 0 heterocycles. The Morgan fingerprint density at radius 1 is 1.60 bits per heavy atom. The summed E-state index contributed by atoms with van der Waals surface area (Å²) in [5.74, 6) is 0. The van der Waals surface area contributed by atoms with Gasteiger partial charge in [0.25, 0.3) is 0 Å². The fraction of sp³-hybridized carbons (Fsp3) is 1.00. The van der Waals surface area contributed by atoms with Gasteiger partial charge in [-0.15, -0.1) is 0 Å². The van der Waals surface area contributed by atoms with Crippen LogP contribution in [-0.2, 0) is 22.5 Å². The van der Waals surface area contributed by atoms with E-state index in [0.29, 0.717) is 0 Å². The summed E-state index contributed by atoms with van der Waals surface area (Å²) < 4.78 is 0. The Kier molecular flexibility index (Phi) is 91.3. The fourth-order valence-corrected chi connectivity index (χ4v) is 0. The van der Waals surface area contributed by atoms with Crippen LogP contribution in [0, 0.1) is 0 Å². The molecule has 0 fully saturated rings. The predicted molar refractivity (Wildman–Crippen MR) is 13.4 cm³/mol. The summed E-state index contributed by atoms with van der Waals surface area (Å²) in [5.41, 5.74) is 0. The molecule has 0 unspecified atom stereocenters. The van der Waals surface area contributed by atoms with Gasteiger partial charge in [0.05, 0.1) is 0 Å². The summed E-state index contributed by atoms with van der Waals surface area (Å²) in [6.45, 7) is 1.93.